The average molecular weight is 849 g/mol. The van der Waals surface area contributed by atoms with Gasteiger partial charge in [0.05, 0.1) is 5.41 Å². The van der Waals surface area contributed by atoms with Crippen LogP contribution in [0.5, 0.6) is 0 Å². The van der Waals surface area contributed by atoms with Crippen molar-refractivity contribution in [3.63, 3.8) is 0 Å². The van der Waals surface area contributed by atoms with Crippen molar-refractivity contribution in [2.45, 2.75) is 37.6 Å². The fraction of sp³-hybridized carbons (Fsp3) is 0.0938. The predicted octanol–water partition coefficient (Wildman–Crippen LogP) is 16.3. The number of rotatable bonds is 11. The Labute approximate surface area is 390 Å². The van der Waals surface area contributed by atoms with E-state index < -0.39 is 5.41 Å². The lowest BCUT2D eigenvalue weighted by Crippen LogP contribution is -2.33. The van der Waals surface area contributed by atoms with Gasteiger partial charge < -0.3 is 9.80 Å². The Bertz CT molecular complexity index is 3180. The van der Waals surface area contributed by atoms with Gasteiger partial charge in [0.1, 0.15) is 0 Å². The van der Waals surface area contributed by atoms with E-state index in [0.717, 1.165) is 29.2 Å². The van der Waals surface area contributed by atoms with Crippen LogP contribution in [0, 0.1) is 0 Å². The third-order valence-electron chi connectivity index (χ3n) is 13.9. The predicted molar refractivity (Wildman–Crippen MR) is 278 cm³/mol. The van der Waals surface area contributed by atoms with Gasteiger partial charge in [-0.2, -0.15) is 0 Å². The van der Waals surface area contributed by atoms with E-state index in [1.54, 1.807) is 0 Å². The fourth-order valence-corrected chi connectivity index (χ4v) is 10.8. The van der Waals surface area contributed by atoms with E-state index in [1.807, 2.05) is 0 Å². The summed E-state index contributed by atoms with van der Waals surface area (Å²) in [5.74, 6) is 0. The highest BCUT2D eigenvalue weighted by Crippen LogP contribution is 2.52. The van der Waals surface area contributed by atoms with Crippen molar-refractivity contribution in [2.75, 3.05) is 9.80 Å². The van der Waals surface area contributed by atoms with Crippen molar-refractivity contribution in [1.29, 1.82) is 0 Å². The first kappa shape index (κ1) is 40.8. The molecular formula is C64H52N2. The Morgan fingerprint density at radius 1 is 0.439 bits per heavy atom. The Morgan fingerprint density at radius 2 is 1.02 bits per heavy atom. The van der Waals surface area contributed by atoms with Gasteiger partial charge in [-0.05, 0) is 128 Å². The Kier molecular flexibility index (Phi) is 10.6. The fourth-order valence-electron chi connectivity index (χ4n) is 10.8. The largest absolute Gasteiger partial charge is 0.337 e. The van der Waals surface area contributed by atoms with Crippen LogP contribution in [-0.2, 0) is 23.8 Å². The van der Waals surface area contributed by atoms with Gasteiger partial charge in [-0.15, -0.1) is 0 Å². The standard InChI is InChI=1S/C64H52N2/c1-63(2)61-38-21-19-36-58(61)59-45-57(41-42-62(59)63)66(54-33-16-7-17-34-54)56-35-22-30-52(44-56)64(50-26-10-4-11-27-50,51-28-12-5-13-29-51)60-37-20-18-25-49(60)46-65(53-31-14-6-15-32-53)55-40-39-47-23-8-3-9-24-48(47)43-55/h3-23,25-45H,24,46H2,1-2H3. The smallest absolute Gasteiger partial charge is 0.0705 e. The van der Waals surface area contributed by atoms with Gasteiger partial charge in [-0.25, -0.2) is 0 Å². The molecule has 0 saturated carbocycles. The second-order valence-corrected chi connectivity index (χ2v) is 18.1. The topological polar surface area (TPSA) is 6.48 Å². The number of nitrogens with zero attached hydrogens (tertiary/aromatic N) is 2. The molecule has 0 unspecified atom stereocenters. The van der Waals surface area contributed by atoms with Crippen LogP contribution in [0.15, 0.2) is 249 Å². The number of anilines is 5. The minimum Gasteiger partial charge on any atom is -0.337 e. The number of para-hydroxylation sites is 2. The van der Waals surface area contributed by atoms with E-state index in [-0.39, 0.29) is 5.41 Å². The number of hydrogen-bond donors (Lipinski definition) is 0. The third-order valence-corrected chi connectivity index (χ3v) is 13.9. The molecule has 0 atom stereocenters. The average Bonchev–Trinajstić information content (AvgIpc) is 3.48. The summed E-state index contributed by atoms with van der Waals surface area (Å²) >= 11 is 0. The van der Waals surface area contributed by atoms with E-state index in [2.05, 4.69) is 278 Å². The van der Waals surface area contributed by atoms with Crippen molar-refractivity contribution in [2.24, 2.45) is 0 Å². The number of benzene rings is 9. The molecule has 66 heavy (non-hydrogen) atoms. The molecular weight excluding hydrogens is 797 g/mol. The lowest BCUT2D eigenvalue weighted by atomic mass is 9.64. The minimum atomic E-state index is -0.704. The first-order valence-corrected chi connectivity index (χ1v) is 23.2. The summed E-state index contributed by atoms with van der Waals surface area (Å²) in [6.45, 7) is 5.36. The Morgan fingerprint density at radius 3 is 1.76 bits per heavy atom. The molecule has 2 heteroatoms. The highest BCUT2D eigenvalue weighted by Gasteiger charge is 2.41. The molecule has 11 rings (SSSR count). The molecule has 0 amide bonds. The van der Waals surface area contributed by atoms with Crippen molar-refractivity contribution in [3.05, 3.63) is 299 Å². The van der Waals surface area contributed by atoms with Crippen LogP contribution in [0.1, 0.15) is 63.9 Å². The molecule has 318 valence electrons. The molecule has 0 fully saturated rings. The first-order chi connectivity index (χ1) is 32.5. The van der Waals surface area contributed by atoms with Crippen LogP contribution in [0.3, 0.4) is 0 Å². The van der Waals surface area contributed by atoms with Gasteiger partial charge in [0.15, 0.2) is 0 Å². The SMILES string of the molecule is CC1(C)c2ccccc2-c2cc(N(c3ccccc3)c3cccc(C(c4ccccc4)(c4ccccc4)c4ccccc4CN(c4ccccc4)c4ccc5c(c4)CC=CC=C5)c3)ccc21. The number of allylic oxidation sites excluding steroid dienone is 3. The minimum absolute atomic E-state index is 0.0790. The zero-order valence-electron chi connectivity index (χ0n) is 37.6. The molecule has 2 nitrogen and oxygen atoms in total. The van der Waals surface area contributed by atoms with E-state index >= 15 is 0 Å². The number of fused-ring (bicyclic) bond motifs is 4. The van der Waals surface area contributed by atoms with Crippen LogP contribution < -0.4 is 9.80 Å². The summed E-state index contributed by atoms with van der Waals surface area (Å²) in [5, 5.41) is 0. The van der Waals surface area contributed by atoms with Gasteiger partial charge in [0, 0.05) is 40.4 Å². The zero-order valence-corrected chi connectivity index (χ0v) is 37.6. The molecule has 0 aromatic heterocycles. The van der Waals surface area contributed by atoms with Gasteiger partial charge in [0.2, 0.25) is 0 Å². The Balaban J connectivity index is 1.12. The summed E-state index contributed by atoms with van der Waals surface area (Å²) in [6, 6.07) is 85.3. The maximum atomic E-state index is 2.49. The van der Waals surface area contributed by atoms with Crippen LogP contribution in [0.2, 0.25) is 0 Å². The lowest BCUT2D eigenvalue weighted by Gasteiger charge is -2.40. The third kappa shape index (κ3) is 7.16. The highest BCUT2D eigenvalue weighted by atomic mass is 15.1. The molecule has 0 aliphatic heterocycles. The van der Waals surface area contributed by atoms with Crippen LogP contribution in [0.25, 0.3) is 17.2 Å². The van der Waals surface area contributed by atoms with Gasteiger partial charge in [-0.1, -0.05) is 208 Å². The molecule has 0 radical (unpaired) electrons. The summed E-state index contributed by atoms with van der Waals surface area (Å²) in [7, 11) is 0. The molecule has 2 aliphatic rings. The summed E-state index contributed by atoms with van der Waals surface area (Å²) < 4.78 is 0. The van der Waals surface area contributed by atoms with E-state index in [1.165, 1.54) is 66.9 Å². The van der Waals surface area contributed by atoms with Gasteiger partial charge in [-0.3, -0.25) is 0 Å². The lowest BCUT2D eigenvalue weighted by molar-refractivity contribution is 0.660. The second kappa shape index (κ2) is 17.2. The maximum absolute atomic E-state index is 2.49. The molecule has 9 aromatic carbocycles. The molecule has 0 saturated heterocycles. The van der Waals surface area contributed by atoms with Crippen LogP contribution in [-0.4, -0.2) is 0 Å². The Hall–Kier alpha value is -7.94. The van der Waals surface area contributed by atoms with Crippen molar-refractivity contribution in [1.82, 2.24) is 0 Å². The normalized spacial score (nSPS) is 13.3. The summed E-state index contributed by atoms with van der Waals surface area (Å²) in [5.41, 5.74) is 18.9. The van der Waals surface area contributed by atoms with Crippen molar-refractivity contribution >= 4 is 34.5 Å². The molecule has 0 N–H and O–H groups in total. The van der Waals surface area contributed by atoms with E-state index in [9.17, 15) is 0 Å². The van der Waals surface area contributed by atoms with Crippen LogP contribution >= 0.6 is 0 Å². The molecule has 0 bridgehead atoms. The molecule has 0 spiro atoms. The van der Waals surface area contributed by atoms with E-state index in [4.69, 9.17) is 0 Å². The highest BCUT2D eigenvalue weighted by molar-refractivity contribution is 5.87. The van der Waals surface area contributed by atoms with E-state index in [0.29, 0.717) is 6.54 Å². The van der Waals surface area contributed by atoms with Crippen molar-refractivity contribution in [3.8, 4) is 11.1 Å². The molecule has 2 aliphatic carbocycles. The van der Waals surface area contributed by atoms with Gasteiger partial charge >= 0.3 is 0 Å². The molecule has 0 heterocycles. The quantitative estimate of drug-likeness (QED) is 0.120. The number of hydrogen-bond acceptors (Lipinski definition) is 2. The van der Waals surface area contributed by atoms with Crippen molar-refractivity contribution < 1.29 is 0 Å². The summed E-state index contributed by atoms with van der Waals surface area (Å²) in [4.78, 5) is 4.92. The van der Waals surface area contributed by atoms with Crippen LogP contribution in [0.4, 0.5) is 28.4 Å². The summed E-state index contributed by atoms with van der Waals surface area (Å²) in [6.07, 6.45) is 9.66. The van der Waals surface area contributed by atoms with Gasteiger partial charge in [0.25, 0.3) is 0 Å². The maximum Gasteiger partial charge on any atom is 0.0705 e. The molecule has 9 aromatic rings. The monoisotopic (exact) mass is 848 g/mol. The zero-order chi connectivity index (χ0) is 44.5. The first-order valence-electron chi connectivity index (χ1n) is 23.2. The second-order valence-electron chi connectivity index (χ2n) is 18.1.